The summed E-state index contributed by atoms with van der Waals surface area (Å²) in [6, 6.07) is 6.75. The van der Waals surface area contributed by atoms with Gasteiger partial charge in [0.15, 0.2) is 11.3 Å². The molecule has 2 unspecified atom stereocenters. The van der Waals surface area contributed by atoms with Crippen LogP contribution in [0, 0.1) is 0 Å². The molecule has 0 aromatic carbocycles. The van der Waals surface area contributed by atoms with Gasteiger partial charge in [-0.15, -0.1) is 0 Å². The molecular weight excluding hydrogens is 428 g/mol. The Morgan fingerprint density at radius 2 is 1.65 bits per heavy atom. The molecule has 8 nitrogen and oxygen atoms in total. The average molecular weight is 461 g/mol. The lowest BCUT2D eigenvalue weighted by Gasteiger charge is -2.12. The molecule has 4 aromatic rings. The van der Waals surface area contributed by atoms with Crippen molar-refractivity contribution in [2.75, 3.05) is 19.8 Å². The van der Waals surface area contributed by atoms with Crippen LogP contribution in [-0.4, -0.2) is 49.3 Å². The Morgan fingerprint density at radius 3 is 2.38 bits per heavy atom. The third-order valence-electron chi connectivity index (χ3n) is 7.13. The van der Waals surface area contributed by atoms with E-state index in [0.717, 1.165) is 58.5 Å². The maximum Gasteiger partial charge on any atom is 0.158 e. The molecule has 34 heavy (non-hydrogen) atoms. The highest BCUT2D eigenvalue weighted by atomic mass is 16.5. The van der Waals surface area contributed by atoms with Crippen molar-refractivity contribution >= 4 is 22.1 Å². The van der Waals surface area contributed by atoms with E-state index in [0.29, 0.717) is 25.0 Å². The van der Waals surface area contributed by atoms with Crippen LogP contribution in [0.15, 0.2) is 30.6 Å². The molecule has 2 fully saturated rings. The van der Waals surface area contributed by atoms with Gasteiger partial charge < -0.3 is 9.47 Å². The number of fused-ring (bicyclic) bond motifs is 2. The lowest BCUT2D eigenvalue weighted by Crippen LogP contribution is -2.11. The van der Waals surface area contributed by atoms with Gasteiger partial charge in [-0.2, -0.15) is 10.2 Å². The topological polar surface area (TPSA) is 79.9 Å². The Morgan fingerprint density at radius 1 is 0.912 bits per heavy atom. The van der Waals surface area contributed by atoms with E-state index in [9.17, 15) is 0 Å². The van der Waals surface area contributed by atoms with E-state index < -0.39 is 0 Å². The number of aromatic nitrogens is 6. The van der Waals surface area contributed by atoms with Crippen molar-refractivity contribution in [3.8, 4) is 0 Å². The Kier molecular flexibility index (Phi) is 5.37. The van der Waals surface area contributed by atoms with Crippen LogP contribution >= 0.6 is 0 Å². The molecule has 8 heteroatoms. The fourth-order valence-electron chi connectivity index (χ4n) is 5.33. The molecular formula is C26H32N6O2. The maximum atomic E-state index is 6.30. The van der Waals surface area contributed by atoms with Crippen molar-refractivity contribution in [2.45, 2.75) is 70.6 Å². The molecule has 3 atom stereocenters. The van der Waals surface area contributed by atoms with Gasteiger partial charge in [0.1, 0.15) is 0 Å². The quantitative estimate of drug-likeness (QED) is 0.413. The van der Waals surface area contributed by atoms with Crippen molar-refractivity contribution < 1.29 is 9.47 Å². The fraction of sp³-hybridized carbons (Fsp3) is 0.538. The molecule has 0 N–H and O–H groups in total. The van der Waals surface area contributed by atoms with Gasteiger partial charge in [-0.05, 0) is 42.0 Å². The highest BCUT2D eigenvalue weighted by Crippen LogP contribution is 2.39. The Bertz CT molecular complexity index is 1330. The van der Waals surface area contributed by atoms with E-state index in [1.165, 1.54) is 0 Å². The van der Waals surface area contributed by atoms with E-state index in [1.54, 1.807) is 0 Å². The molecule has 0 saturated carbocycles. The molecule has 0 bridgehead atoms. The standard InChI is InChI=1S/C26H32N6O2/c1-15(2)23-20-6-5-8-27-25(20)32(29-23)19-11-22(34-14-19)17-10-21-24(16(3)4)30-31(26(21)28-12-17)18-7-9-33-13-18/h5-6,8,10,12,15-16,18-19,22H,7,9,11,13-14H2,1-4H3/t18-,19?,22?/m1/s1. The Balaban J connectivity index is 1.33. The lowest BCUT2D eigenvalue weighted by atomic mass is 10.0. The van der Waals surface area contributed by atoms with Crippen LogP contribution in [0.1, 0.15) is 87.5 Å². The average Bonchev–Trinajstić information content (AvgIpc) is 3.62. The fourth-order valence-corrected chi connectivity index (χ4v) is 5.33. The highest BCUT2D eigenvalue weighted by Gasteiger charge is 2.32. The van der Waals surface area contributed by atoms with Crippen molar-refractivity contribution in [1.29, 1.82) is 0 Å². The first kappa shape index (κ1) is 21.7. The van der Waals surface area contributed by atoms with E-state index in [2.05, 4.69) is 54.2 Å². The summed E-state index contributed by atoms with van der Waals surface area (Å²) in [6.07, 6.45) is 5.61. The summed E-state index contributed by atoms with van der Waals surface area (Å²) in [5.41, 5.74) is 5.18. The van der Waals surface area contributed by atoms with E-state index in [1.807, 2.05) is 18.5 Å². The van der Waals surface area contributed by atoms with Gasteiger partial charge in [-0.1, -0.05) is 27.7 Å². The minimum atomic E-state index is -0.0226. The molecule has 178 valence electrons. The number of pyridine rings is 2. The molecule has 2 saturated heterocycles. The van der Waals surface area contributed by atoms with Crippen LogP contribution in [0.4, 0.5) is 0 Å². The SMILES string of the molecule is CC(C)c1nn(C2COC(c3cnc4c(c3)c(C(C)C)nn4[C@@H]3CCOC3)C2)c2ncccc12. The Labute approximate surface area is 199 Å². The first-order valence-corrected chi connectivity index (χ1v) is 12.4. The van der Waals surface area contributed by atoms with E-state index in [4.69, 9.17) is 24.7 Å². The predicted octanol–water partition coefficient (Wildman–Crippen LogP) is 5.09. The summed E-state index contributed by atoms with van der Waals surface area (Å²) in [6.45, 7) is 10.8. The molecule has 0 spiro atoms. The van der Waals surface area contributed by atoms with Crippen LogP contribution < -0.4 is 0 Å². The van der Waals surface area contributed by atoms with Crippen LogP contribution in [0.3, 0.4) is 0 Å². The predicted molar refractivity (Wildman–Crippen MR) is 130 cm³/mol. The van der Waals surface area contributed by atoms with E-state index >= 15 is 0 Å². The molecule has 4 aromatic heterocycles. The zero-order valence-electron chi connectivity index (χ0n) is 20.3. The van der Waals surface area contributed by atoms with Crippen molar-refractivity contribution in [3.63, 3.8) is 0 Å². The van der Waals surface area contributed by atoms with Gasteiger partial charge >= 0.3 is 0 Å². The third-order valence-corrected chi connectivity index (χ3v) is 7.13. The molecule has 2 aliphatic heterocycles. The second-order valence-electron chi connectivity index (χ2n) is 10.2. The molecule has 6 rings (SSSR count). The summed E-state index contributed by atoms with van der Waals surface area (Å²) >= 11 is 0. The van der Waals surface area contributed by atoms with Crippen molar-refractivity contribution in [1.82, 2.24) is 29.5 Å². The maximum absolute atomic E-state index is 6.30. The van der Waals surface area contributed by atoms with Crippen LogP contribution in [0.25, 0.3) is 22.1 Å². The van der Waals surface area contributed by atoms with Gasteiger partial charge in [-0.25, -0.2) is 19.3 Å². The van der Waals surface area contributed by atoms with Crippen LogP contribution in [0.2, 0.25) is 0 Å². The zero-order valence-corrected chi connectivity index (χ0v) is 20.3. The van der Waals surface area contributed by atoms with Gasteiger partial charge in [-0.3, -0.25) is 0 Å². The second kappa shape index (κ2) is 8.43. The Hall–Kier alpha value is -2.84. The smallest absolute Gasteiger partial charge is 0.158 e. The molecule has 6 heterocycles. The number of hydrogen-bond donors (Lipinski definition) is 0. The first-order valence-electron chi connectivity index (χ1n) is 12.4. The normalized spacial score (nSPS) is 23.3. The van der Waals surface area contributed by atoms with Gasteiger partial charge in [0.05, 0.1) is 42.8 Å². The number of rotatable bonds is 5. The van der Waals surface area contributed by atoms with Crippen LogP contribution in [0.5, 0.6) is 0 Å². The molecule has 0 aliphatic carbocycles. The van der Waals surface area contributed by atoms with Gasteiger partial charge in [0.2, 0.25) is 0 Å². The molecule has 2 aliphatic rings. The summed E-state index contributed by atoms with van der Waals surface area (Å²) in [5, 5.41) is 12.2. The largest absolute Gasteiger partial charge is 0.379 e. The minimum Gasteiger partial charge on any atom is -0.379 e. The van der Waals surface area contributed by atoms with Gasteiger partial charge in [0, 0.05) is 36.2 Å². The summed E-state index contributed by atoms with van der Waals surface area (Å²) in [7, 11) is 0. The lowest BCUT2D eigenvalue weighted by molar-refractivity contribution is 0.107. The second-order valence-corrected chi connectivity index (χ2v) is 10.2. The summed E-state index contributed by atoms with van der Waals surface area (Å²) in [5.74, 6) is 0.658. The van der Waals surface area contributed by atoms with Gasteiger partial charge in [0.25, 0.3) is 0 Å². The number of hydrogen-bond acceptors (Lipinski definition) is 6. The number of nitrogens with zero attached hydrogens (tertiary/aromatic N) is 6. The van der Waals surface area contributed by atoms with Crippen LogP contribution in [-0.2, 0) is 9.47 Å². The summed E-state index contributed by atoms with van der Waals surface area (Å²) in [4.78, 5) is 9.53. The van der Waals surface area contributed by atoms with Crippen molar-refractivity contribution in [2.24, 2.45) is 0 Å². The zero-order chi connectivity index (χ0) is 23.4. The monoisotopic (exact) mass is 460 g/mol. The third kappa shape index (κ3) is 3.51. The summed E-state index contributed by atoms with van der Waals surface area (Å²) < 4.78 is 16.1. The minimum absolute atomic E-state index is 0.0226. The molecule has 0 amide bonds. The number of ether oxygens (including phenoxy) is 2. The van der Waals surface area contributed by atoms with E-state index in [-0.39, 0.29) is 18.2 Å². The van der Waals surface area contributed by atoms with Crippen molar-refractivity contribution in [3.05, 3.63) is 47.5 Å². The molecule has 0 radical (unpaired) electrons. The first-order chi connectivity index (χ1) is 16.5. The highest BCUT2D eigenvalue weighted by molar-refractivity contribution is 5.80.